The summed E-state index contributed by atoms with van der Waals surface area (Å²) < 4.78 is 1.04. The number of fused-ring (bicyclic) bond motifs is 1. The Morgan fingerprint density at radius 2 is 1.94 bits per heavy atom. The van der Waals surface area contributed by atoms with Gasteiger partial charge >= 0.3 is 0 Å². The van der Waals surface area contributed by atoms with Gasteiger partial charge in [0.2, 0.25) is 0 Å². The number of hydrogen-bond donors (Lipinski definition) is 0. The van der Waals surface area contributed by atoms with E-state index < -0.39 is 0 Å². The van der Waals surface area contributed by atoms with Crippen LogP contribution >= 0.6 is 22.9 Å². The van der Waals surface area contributed by atoms with Gasteiger partial charge in [0.15, 0.2) is 0 Å². The molecule has 0 bridgehead atoms. The summed E-state index contributed by atoms with van der Waals surface area (Å²) in [5.74, 6) is 0. The van der Waals surface area contributed by atoms with Crippen molar-refractivity contribution in [2.24, 2.45) is 0 Å². The van der Waals surface area contributed by atoms with Crippen molar-refractivity contribution in [1.82, 2.24) is 9.97 Å². The molecule has 0 aliphatic carbocycles. The first-order valence-corrected chi connectivity index (χ1v) is 6.04. The molecule has 0 spiro atoms. The van der Waals surface area contributed by atoms with Gasteiger partial charge in [0.25, 0.3) is 0 Å². The van der Waals surface area contributed by atoms with E-state index in [9.17, 15) is 0 Å². The third-order valence-electron chi connectivity index (χ3n) is 2.34. The van der Waals surface area contributed by atoms with E-state index >= 15 is 0 Å². The molecule has 3 aromatic heterocycles. The number of thiophene rings is 1. The van der Waals surface area contributed by atoms with Crippen molar-refractivity contribution >= 4 is 33.2 Å². The molecule has 2 nitrogen and oxygen atoms in total. The molecule has 0 fully saturated rings. The van der Waals surface area contributed by atoms with Crippen molar-refractivity contribution in [3.8, 4) is 11.3 Å². The molecule has 0 aliphatic heterocycles. The first-order chi connectivity index (χ1) is 7.84. The average Bonchev–Trinajstić information content (AvgIpc) is 2.79. The second-order valence-corrected chi connectivity index (χ2v) is 4.68. The maximum atomic E-state index is 6.21. The first kappa shape index (κ1) is 9.75. The lowest BCUT2D eigenvalue weighted by molar-refractivity contribution is 1.31. The molecule has 0 amide bonds. The minimum atomic E-state index is 0.756. The van der Waals surface area contributed by atoms with Crippen LogP contribution in [0.4, 0.5) is 0 Å². The lowest BCUT2D eigenvalue weighted by Gasteiger charge is -2.01. The third-order valence-corrected chi connectivity index (χ3v) is 3.69. The predicted molar refractivity (Wildman–Crippen MR) is 67.9 cm³/mol. The van der Waals surface area contributed by atoms with Gasteiger partial charge in [0.05, 0.1) is 20.9 Å². The van der Waals surface area contributed by atoms with E-state index in [1.807, 2.05) is 29.6 Å². The molecule has 0 unspecified atom stereocenters. The molecule has 0 atom stereocenters. The fourth-order valence-corrected chi connectivity index (χ4v) is 2.66. The van der Waals surface area contributed by atoms with Crippen LogP contribution in [-0.4, -0.2) is 9.97 Å². The van der Waals surface area contributed by atoms with E-state index in [0.29, 0.717) is 0 Å². The van der Waals surface area contributed by atoms with Gasteiger partial charge in [-0.25, -0.2) is 4.98 Å². The smallest absolute Gasteiger partial charge is 0.0832 e. The van der Waals surface area contributed by atoms with Crippen LogP contribution in [0.5, 0.6) is 0 Å². The third kappa shape index (κ3) is 1.58. The number of pyridine rings is 2. The van der Waals surface area contributed by atoms with Crippen molar-refractivity contribution in [3.05, 3.63) is 47.1 Å². The van der Waals surface area contributed by atoms with E-state index in [1.54, 1.807) is 23.7 Å². The number of halogens is 1. The molecule has 78 valence electrons. The Morgan fingerprint density at radius 1 is 1.12 bits per heavy atom. The van der Waals surface area contributed by atoms with E-state index in [1.165, 1.54) is 0 Å². The van der Waals surface area contributed by atoms with Crippen molar-refractivity contribution in [2.45, 2.75) is 0 Å². The highest BCUT2D eigenvalue weighted by Gasteiger charge is 2.06. The Bertz CT molecular complexity index is 634. The van der Waals surface area contributed by atoms with Crippen molar-refractivity contribution < 1.29 is 0 Å². The zero-order valence-corrected chi connectivity index (χ0v) is 9.79. The van der Waals surface area contributed by atoms with E-state index in [-0.39, 0.29) is 0 Å². The number of hydrogen-bond acceptors (Lipinski definition) is 3. The van der Waals surface area contributed by atoms with Gasteiger partial charge in [-0.3, -0.25) is 4.98 Å². The van der Waals surface area contributed by atoms with Crippen LogP contribution in [0.15, 0.2) is 42.0 Å². The largest absolute Gasteiger partial charge is 0.265 e. The SMILES string of the molecule is Clc1cc(-c2ccncc2)nc2ccsc12. The Kier molecular flexibility index (Phi) is 2.35. The standard InChI is InChI=1S/C12H7ClN2S/c13-9-7-11(8-1-4-14-5-2-8)15-10-3-6-16-12(9)10/h1-7H. The first-order valence-electron chi connectivity index (χ1n) is 4.79. The molecule has 0 saturated carbocycles. The Balaban J connectivity index is 2.25. The number of aromatic nitrogens is 2. The summed E-state index contributed by atoms with van der Waals surface area (Å²) >= 11 is 7.82. The molecule has 16 heavy (non-hydrogen) atoms. The highest BCUT2D eigenvalue weighted by molar-refractivity contribution is 7.17. The van der Waals surface area contributed by atoms with Crippen LogP contribution < -0.4 is 0 Å². The second-order valence-electron chi connectivity index (χ2n) is 3.36. The zero-order valence-electron chi connectivity index (χ0n) is 8.22. The molecule has 0 aliphatic rings. The molecule has 0 saturated heterocycles. The number of nitrogens with zero attached hydrogens (tertiary/aromatic N) is 2. The highest BCUT2D eigenvalue weighted by atomic mass is 35.5. The zero-order chi connectivity index (χ0) is 11.0. The lowest BCUT2D eigenvalue weighted by atomic mass is 10.2. The molecule has 0 aromatic carbocycles. The Labute approximate surface area is 102 Å². The molecule has 3 heterocycles. The monoisotopic (exact) mass is 246 g/mol. The summed E-state index contributed by atoms with van der Waals surface area (Å²) in [5, 5.41) is 2.76. The van der Waals surface area contributed by atoms with E-state index in [4.69, 9.17) is 11.6 Å². The summed E-state index contributed by atoms with van der Waals surface area (Å²) in [5.41, 5.74) is 2.87. The predicted octanol–water partition coefficient (Wildman–Crippen LogP) is 4.01. The van der Waals surface area contributed by atoms with Gasteiger partial charge in [0.1, 0.15) is 0 Å². The summed E-state index contributed by atoms with van der Waals surface area (Å²) in [6, 6.07) is 7.74. The van der Waals surface area contributed by atoms with Gasteiger partial charge in [-0.15, -0.1) is 11.3 Å². The minimum Gasteiger partial charge on any atom is -0.265 e. The van der Waals surface area contributed by atoms with E-state index in [2.05, 4.69) is 9.97 Å². The van der Waals surface area contributed by atoms with Crippen LogP contribution in [0.1, 0.15) is 0 Å². The maximum Gasteiger partial charge on any atom is 0.0832 e. The summed E-state index contributed by atoms with van der Waals surface area (Å²) in [6.45, 7) is 0. The Hall–Kier alpha value is -1.45. The summed E-state index contributed by atoms with van der Waals surface area (Å²) in [6.07, 6.45) is 3.51. The molecule has 3 rings (SSSR count). The molecule has 0 N–H and O–H groups in total. The van der Waals surface area contributed by atoms with Gasteiger partial charge < -0.3 is 0 Å². The molecular weight excluding hydrogens is 240 g/mol. The highest BCUT2D eigenvalue weighted by Crippen LogP contribution is 2.31. The van der Waals surface area contributed by atoms with Gasteiger partial charge in [0, 0.05) is 18.0 Å². The summed E-state index contributed by atoms with van der Waals surface area (Å²) in [4.78, 5) is 8.55. The van der Waals surface area contributed by atoms with Crippen LogP contribution in [0.3, 0.4) is 0 Å². The van der Waals surface area contributed by atoms with Crippen molar-refractivity contribution in [2.75, 3.05) is 0 Å². The molecule has 0 radical (unpaired) electrons. The van der Waals surface area contributed by atoms with Gasteiger partial charge in [-0.2, -0.15) is 0 Å². The van der Waals surface area contributed by atoms with Crippen LogP contribution in [0, 0.1) is 0 Å². The van der Waals surface area contributed by atoms with Gasteiger partial charge in [-0.05, 0) is 29.6 Å². The topological polar surface area (TPSA) is 25.8 Å². The maximum absolute atomic E-state index is 6.21. The lowest BCUT2D eigenvalue weighted by Crippen LogP contribution is -1.84. The fourth-order valence-electron chi connectivity index (χ4n) is 1.59. The fraction of sp³-hybridized carbons (Fsp3) is 0. The minimum absolute atomic E-state index is 0.756. The Morgan fingerprint density at radius 3 is 2.75 bits per heavy atom. The van der Waals surface area contributed by atoms with Crippen LogP contribution in [0.25, 0.3) is 21.5 Å². The van der Waals surface area contributed by atoms with E-state index in [0.717, 1.165) is 26.5 Å². The molecule has 4 heteroatoms. The average molecular weight is 247 g/mol. The summed E-state index contributed by atoms with van der Waals surface area (Å²) in [7, 11) is 0. The second kappa shape index (κ2) is 3.85. The van der Waals surface area contributed by atoms with Crippen LogP contribution in [-0.2, 0) is 0 Å². The quantitative estimate of drug-likeness (QED) is 0.648. The van der Waals surface area contributed by atoms with Crippen molar-refractivity contribution in [3.63, 3.8) is 0 Å². The van der Waals surface area contributed by atoms with Crippen LogP contribution in [0.2, 0.25) is 5.02 Å². The number of rotatable bonds is 1. The van der Waals surface area contributed by atoms with Gasteiger partial charge in [-0.1, -0.05) is 11.6 Å². The molecule has 3 aromatic rings. The van der Waals surface area contributed by atoms with Crippen molar-refractivity contribution in [1.29, 1.82) is 0 Å². The normalized spacial score (nSPS) is 10.8. The molecular formula is C12H7ClN2S.